The molecule has 6 rings (SSSR count). The number of carbonyl (C=O) groups excluding carboxylic acids is 1. The van der Waals surface area contributed by atoms with Gasteiger partial charge in [0.15, 0.2) is 4.80 Å². The molecular formula is C33H27ClN4O4S. The molecule has 0 fully saturated rings. The zero-order valence-corrected chi connectivity index (χ0v) is 25.2. The second kappa shape index (κ2) is 11.9. The zero-order valence-electron chi connectivity index (χ0n) is 23.7. The number of halogens is 1. The molecule has 1 aliphatic rings. The summed E-state index contributed by atoms with van der Waals surface area (Å²) in [6.07, 6.45) is 3.72. The molecule has 3 aromatic carbocycles. The third-order valence-electron chi connectivity index (χ3n) is 7.12. The number of nitrogens with zero attached hydrogens (tertiary/aromatic N) is 4. The first-order valence-corrected chi connectivity index (χ1v) is 14.8. The number of hydrogen-bond acceptors (Lipinski definition) is 7. The first-order valence-electron chi connectivity index (χ1n) is 13.6. The summed E-state index contributed by atoms with van der Waals surface area (Å²) in [7, 11) is 1.59. The van der Waals surface area contributed by atoms with E-state index in [9.17, 15) is 9.59 Å². The summed E-state index contributed by atoms with van der Waals surface area (Å²) in [5.41, 5.74) is 4.48. The van der Waals surface area contributed by atoms with E-state index in [2.05, 4.69) is 4.99 Å². The smallest absolute Gasteiger partial charge is 0.338 e. The normalized spacial score (nSPS) is 14.8. The Bertz CT molecular complexity index is 2030. The molecule has 0 saturated heterocycles. The number of hydrogen-bond donors (Lipinski definition) is 0. The van der Waals surface area contributed by atoms with Crippen LogP contribution in [0.4, 0.5) is 0 Å². The Morgan fingerprint density at radius 1 is 1.05 bits per heavy atom. The van der Waals surface area contributed by atoms with Crippen molar-refractivity contribution in [1.82, 2.24) is 14.3 Å². The van der Waals surface area contributed by atoms with Crippen LogP contribution in [0.25, 0.3) is 23.0 Å². The van der Waals surface area contributed by atoms with Gasteiger partial charge in [-0.25, -0.2) is 14.5 Å². The number of fused-ring (bicyclic) bond motifs is 1. The number of rotatable bonds is 7. The Balaban J connectivity index is 1.55. The Hall–Kier alpha value is -4.73. The first kappa shape index (κ1) is 28.4. The fourth-order valence-electron chi connectivity index (χ4n) is 5.07. The van der Waals surface area contributed by atoms with E-state index in [1.165, 1.54) is 11.3 Å². The highest BCUT2D eigenvalue weighted by atomic mass is 35.5. The van der Waals surface area contributed by atoms with Gasteiger partial charge in [-0.2, -0.15) is 5.10 Å². The maximum Gasteiger partial charge on any atom is 0.338 e. The van der Waals surface area contributed by atoms with Crippen molar-refractivity contribution in [1.29, 1.82) is 0 Å². The molecule has 5 aromatic rings. The van der Waals surface area contributed by atoms with Crippen LogP contribution in [0.2, 0.25) is 5.02 Å². The van der Waals surface area contributed by atoms with Crippen LogP contribution in [0.15, 0.2) is 106 Å². The molecule has 0 saturated carbocycles. The van der Waals surface area contributed by atoms with Crippen molar-refractivity contribution in [2.24, 2.45) is 4.99 Å². The lowest BCUT2D eigenvalue weighted by molar-refractivity contribution is -0.139. The van der Waals surface area contributed by atoms with Crippen LogP contribution in [-0.4, -0.2) is 34.0 Å². The summed E-state index contributed by atoms with van der Waals surface area (Å²) in [6.45, 7) is 3.72. The quantitative estimate of drug-likeness (QED) is 0.233. The average molecular weight is 611 g/mol. The Morgan fingerprint density at radius 3 is 2.44 bits per heavy atom. The van der Waals surface area contributed by atoms with Crippen LogP contribution in [0.3, 0.4) is 0 Å². The largest absolute Gasteiger partial charge is 0.497 e. The summed E-state index contributed by atoms with van der Waals surface area (Å²) in [5, 5.41) is 5.49. The molecule has 0 radical (unpaired) electrons. The number of ether oxygens (including phenoxy) is 2. The third-order valence-corrected chi connectivity index (χ3v) is 8.35. The molecule has 3 heterocycles. The van der Waals surface area contributed by atoms with Gasteiger partial charge in [-0.15, -0.1) is 0 Å². The second-order valence-electron chi connectivity index (χ2n) is 9.80. The Kier molecular flexibility index (Phi) is 7.84. The SMILES string of the molecule is CCOC(=O)C1=C(C)N=c2s/c(=C/c3cn(-c4ccccc4)nc3-c3ccc(Cl)cc3)c(=O)n2C1c1ccc(OC)cc1. The van der Waals surface area contributed by atoms with Gasteiger partial charge < -0.3 is 9.47 Å². The number of methoxy groups -OCH3 is 1. The molecule has 0 aliphatic carbocycles. The molecule has 0 spiro atoms. The summed E-state index contributed by atoms with van der Waals surface area (Å²) < 4.78 is 14.6. The molecule has 43 heavy (non-hydrogen) atoms. The number of para-hydroxylation sites is 1. The number of benzene rings is 3. The van der Waals surface area contributed by atoms with Gasteiger partial charge in [-0.1, -0.05) is 65.4 Å². The van der Waals surface area contributed by atoms with Gasteiger partial charge in [0.1, 0.15) is 11.4 Å². The summed E-state index contributed by atoms with van der Waals surface area (Å²) >= 11 is 7.43. The highest BCUT2D eigenvalue weighted by Gasteiger charge is 2.33. The molecule has 10 heteroatoms. The van der Waals surface area contributed by atoms with E-state index < -0.39 is 12.0 Å². The van der Waals surface area contributed by atoms with Crippen LogP contribution in [0.1, 0.15) is 31.0 Å². The van der Waals surface area contributed by atoms with Crippen molar-refractivity contribution in [2.45, 2.75) is 19.9 Å². The van der Waals surface area contributed by atoms with E-state index in [0.717, 1.165) is 22.4 Å². The number of carbonyl (C=O) groups is 1. The lowest BCUT2D eigenvalue weighted by Crippen LogP contribution is -2.39. The minimum Gasteiger partial charge on any atom is -0.497 e. The summed E-state index contributed by atoms with van der Waals surface area (Å²) in [5.74, 6) is 0.160. The predicted octanol–water partition coefficient (Wildman–Crippen LogP) is 5.31. The van der Waals surface area contributed by atoms with E-state index >= 15 is 0 Å². The van der Waals surface area contributed by atoms with E-state index in [1.807, 2.05) is 79.0 Å². The van der Waals surface area contributed by atoms with Crippen LogP contribution in [0.5, 0.6) is 5.75 Å². The van der Waals surface area contributed by atoms with Crippen molar-refractivity contribution >= 4 is 35.0 Å². The van der Waals surface area contributed by atoms with Crippen molar-refractivity contribution in [2.75, 3.05) is 13.7 Å². The lowest BCUT2D eigenvalue weighted by Gasteiger charge is -2.24. The van der Waals surface area contributed by atoms with E-state index in [1.54, 1.807) is 42.3 Å². The fraction of sp³-hybridized carbons (Fsp3) is 0.152. The molecule has 0 bridgehead atoms. The van der Waals surface area contributed by atoms with Crippen LogP contribution in [-0.2, 0) is 9.53 Å². The summed E-state index contributed by atoms with van der Waals surface area (Å²) in [6, 6.07) is 23.8. The highest BCUT2D eigenvalue weighted by molar-refractivity contribution is 7.07. The van der Waals surface area contributed by atoms with Gasteiger partial charge in [0.2, 0.25) is 0 Å². The number of esters is 1. The van der Waals surface area contributed by atoms with E-state index in [4.69, 9.17) is 26.2 Å². The lowest BCUT2D eigenvalue weighted by atomic mass is 9.96. The minimum atomic E-state index is -0.717. The highest BCUT2D eigenvalue weighted by Crippen LogP contribution is 2.32. The number of aromatic nitrogens is 3. The van der Waals surface area contributed by atoms with Crippen molar-refractivity contribution in [3.8, 4) is 22.7 Å². The van der Waals surface area contributed by atoms with Gasteiger partial charge in [-0.3, -0.25) is 9.36 Å². The third kappa shape index (κ3) is 5.45. The van der Waals surface area contributed by atoms with Crippen LogP contribution < -0.4 is 19.6 Å². The number of allylic oxidation sites excluding steroid dienone is 1. The van der Waals surface area contributed by atoms with E-state index in [0.29, 0.717) is 37.1 Å². The van der Waals surface area contributed by atoms with Gasteiger partial charge in [0, 0.05) is 22.3 Å². The molecule has 2 aromatic heterocycles. The first-order chi connectivity index (χ1) is 20.9. The topological polar surface area (TPSA) is 87.7 Å². The van der Waals surface area contributed by atoms with Crippen LogP contribution in [0, 0.1) is 0 Å². The molecular weight excluding hydrogens is 584 g/mol. The monoisotopic (exact) mass is 610 g/mol. The minimum absolute atomic E-state index is 0.203. The van der Waals surface area contributed by atoms with Crippen molar-refractivity contribution < 1.29 is 14.3 Å². The Labute approximate surface area is 256 Å². The molecule has 1 aliphatic heterocycles. The van der Waals surface area contributed by atoms with Crippen molar-refractivity contribution in [3.63, 3.8) is 0 Å². The molecule has 0 amide bonds. The Morgan fingerprint density at radius 2 is 1.77 bits per heavy atom. The van der Waals surface area contributed by atoms with Crippen LogP contribution >= 0.6 is 22.9 Å². The predicted molar refractivity (Wildman–Crippen MR) is 167 cm³/mol. The maximum absolute atomic E-state index is 14.2. The average Bonchev–Trinajstić information content (AvgIpc) is 3.58. The maximum atomic E-state index is 14.2. The van der Waals surface area contributed by atoms with Gasteiger partial charge in [0.05, 0.1) is 41.2 Å². The van der Waals surface area contributed by atoms with Gasteiger partial charge in [-0.05, 0) is 61.9 Å². The molecule has 216 valence electrons. The number of thiazole rings is 1. The zero-order chi connectivity index (χ0) is 30.1. The van der Waals surface area contributed by atoms with Crippen molar-refractivity contribution in [3.05, 3.63) is 132 Å². The summed E-state index contributed by atoms with van der Waals surface area (Å²) in [4.78, 5) is 32.5. The standard InChI is InChI=1S/C33H27ClN4O4S/c1-4-42-32(40)28-20(2)35-33-38(30(28)22-12-16-26(41-3)17-13-22)31(39)27(43-33)18-23-19-37(25-8-6-5-7-9-25)36-29(23)21-10-14-24(34)15-11-21/h5-19,30H,4H2,1-3H3/b27-18+. The fourth-order valence-corrected chi connectivity index (χ4v) is 6.24. The second-order valence-corrected chi connectivity index (χ2v) is 11.2. The van der Waals surface area contributed by atoms with Gasteiger partial charge >= 0.3 is 5.97 Å². The molecule has 1 unspecified atom stereocenters. The molecule has 1 atom stereocenters. The molecule has 0 N–H and O–H groups in total. The molecule has 8 nitrogen and oxygen atoms in total. The van der Waals surface area contributed by atoms with Gasteiger partial charge in [0.25, 0.3) is 5.56 Å². The van der Waals surface area contributed by atoms with E-state index in [-0.39, 0.29) is 12.2 Å².